The van der Waals surface area contributed by atoms with Gasteiger partial charge in [-0.3, -0.25) is 4.79 Å². The standard InChI is InChI=1S/C19H21BrN2O3S/c1-13-5-4-6-14(11-13)19(9-2-3-10-19)22-18(23)16-12-15(26(21,24)25)7-8-17(16)20/h4-8,11-12H,2-3,9-10H2,1H3,(H,22,23)(H2,21,24,25). The molecule has 7 heteroatoms. The van der Waals surface area contributed by atoms with E-state index in [1.54, 1.807) is 0 Å². The molecule has 0 spiro atoms. The summed E-state index contributed by atoms with van der Waals surface area (Å²) in [5.41, 5.74) is 2.05. The number of aryl methyl sites for hydroxylation is 1. The topological polar surface area (TPSA) is 89.3 Å². The third-order valence-electron chi connectivity index (χ3n) is 4.89. The Balaban J connectivity index is 1.97. The first kappa shape index (κ1) is 19.1. The van der Waals surface area contributed by atoms with Crippen LogP contribution in [0.25, 0.3) is 0 Å². The van der Waals surface area contributed by atoms with E-state index in [2.05, 4.69) is 27.3 Å². The van der Waals surface area contributed by atoms with Crippen LogP contribution in [0.3, 0.4) is 0 Å². The molecule has 2 aromatic carbocycles. The minimum Gasteiger partial charge on any atom is -0.342 e. The molecule has 1 amide bonds. The molecule has 0 unspecified atom stereocenters. The molecule has 1 saturated carbocycles. The maximum absolute atomic E-state index is 13.0. The number of hydrogen-bond donors (Lipinski definition) is 2. The number of primary sulfonamides is 1. The lowest BCUT2D eigenvalue weighted by Gasteiger charge is -2.31. The van der Waals surface area contributed by atoms with E-state index in [1.807, 2.05) is 25.1 Å². The van der Waals surface area contributed by atoms with Crippen LogP contribution < -0.4 is 10.5 Å². The lowest BCUT2D eigenvalue weighted by Crippen LogP contribution is -2.44. The number of carbonyl (C=O) groups is 1. The Morgan fingerprint density at radius 1 is 1.15 bits per heavy atom. The van der Waals surface area contributed by atoms with E-state index in [4.69, 9.17) is 5.14 Å². The summed E-state index contributed by atoms with van der Waals surface area (Å²) in [6.45, 7) is 2.03. The summed E-state index contributed by atoms with van der Waals surface area (Å²) in [5.74, 6) is -0.314. The predicted octanol–water partition coefficient (Wildman–Crippen LogP) is 3.60. The normalized spacial score (nSPS) is 16.4. The van der Waals surface area contributed by atoms with Gasteiger partial charge in [0.2, 0.25) is 10.0 Å². The number of sulfonamides is 1. The monoisotopic (exact) mass is 436 g/mol. The molecule has 3 rings (SSSR count). The highest BCUT2D eigenvalue weighted by atomic mass is 79.9. The number of carbonyl (C=O) groups excluding carboxylic acids is 1. The quantitative estimate of drug-likeness (QED) is 0.766. The van der Waals surface area contributed by atoms with Crippen molar-refractivity contribution in [1.29, 1.82) is 0 Å². The number of halogens is 1. The number of rotatable bonds is 4. The fourth-order valence-corrected chi connectivity index (χ4v) is 4.51. The summed E-state index contributed by atoms with van der Waals surface area (Å²) in [6, 6.07) is 12.4. The van der Waals surface area contributed by atoms with E-state index < -0.39 is 15.6 Å². The summed E-state index contributed by atoms with van der Waals surface area (Å²) >= 11 is 3.34. The van der Waals surface area contributed by atoms with Crippen LogP contribution in [-0.2, 0) is 15.6 Å². The van der Waals surface area contributed by atoms with Gasteiger partial charge in [-0.15, -0.1) is 0 Å². The molecule has 2 aromatic rings. The van der Waals surface area contributed by atoms with Crippen molar-refractivity contribution in [2.75, 3.05) is 0 Å². The zero-order valence-corrected chi connectivity index (χ0v) is 16.9. The highest BCUT2D eigenvalue weighted by Crippen LogP contribution is 2.39. The zero-order valence-electron chi connectivity index (χ0n) is 14.5. The number of benzene rings is 2. The van der Waals surface area contributed by atoms with Crippen molar-refractivity contribution < 1.29 is 13.2 Å². The predicted molar refractivity (Wildman–Crippen MR) is 104 cm³/mol. The minimum atomic E-state index is -3.88. The number of nitrogens with two attached hydrogens (primary N) is 1. The first-order valence-electron chi connectivity index (χ1n) is 8.43. The Kier molecular flexibility index (Phi) is 5.23. The lowest BCUT2D eigenvalue weighted by molar-refractivity contribution is 0.0897. The van der Waals surface area contributed by atoms with Gasteiger partial charge in [0.25, 0.3) is 5.91 Å². The summed E-state index contributed by atoms with van der Waals surface area (Å²) < 4.78 is 23.8. The highest BCUT2D eigenvalue weighted by molar-refractivity contribution is 9.10. The molecule has 5 nitrogen and oxygen atoms in total. The molecule has 1 aliphatic rings. The van der Waals surface area contributed by atoms with Crippen molar-refractivity contribution in [2.45, 2.75) is 43.0 Å². The molecule has 0 bridgehead atoms. The Morgan fingerprint density at radius 2 is 1.85 bits per heavy atom. The van der Waals surface area contributed by atoms with Crippen molar-refractivity contribution in [3.8, 4) is 0 Å². The third kappa shape index (κ3) is 3.84. The van der Waals surface area contributed by atoms with Crippen LogP contribution in [0.1, 0.15) is 47.2 Å². The maximum atomic E-state index is 13.0. The zero-order chi connectivity index (χ0) is 18.9. The molecule has 0 atom stereocenters. The first-order chi connectivity index (χ1) is 12.2. The fourth-order valence-electron chi connectivity index (χ4n) is 3.55. The van der Waals surface area contributed by atoms with Gasteiger partial charge in [-0.25, -0.2) is 13.6 Å². The van der Waals surface area contributed by atoms with E-state index in [-0.39, 0.29) is 16.4 Å². The Hall–Kier alpha value is -1.70. The molecule has 0 aliphatic heterocycles. The molecule has 0 saturated heterocycles. The second-order valence-electron chi connectivity index (χ2n) is 6.80. The van der Waals surface area contributed by atoms with Gasteiger partial charge in [0.1, 0.15) is 0 Å². The fraction of sp³-hybridized carbons (Fsp3) is 0.316. The Labute approximate surface area is 162 Å². The molecule has 0 aromatic heterocycles. The SMILES string of the molecule is Cc1cccc(C2(NC(=O)c3cc(S(N)(=O)=O)ccc3Br)CCCC2)c1. The van der Waals surface area contributed by atoms with Crippen LogP contribution in [0.4, 0.5) is 0 Å². The molecule has 1 aliphatic carbocycles. The molecule has 26 heavy (non-hydrogen) atoms. The van der Waals surface area contributed by atoms with Crippen LogP contribution in [0.15, 0.2) is 51.8 Å². The van der Waals surface area contributed by atoms with E-state index in [9.17, 15) is 13.2 Å². The van der Waals surface area contributed by atoms with Gasteiger partial charge in [0.15, 0.2) is 0 Å². The third-order valence-corrected chi connectivity index (χ3v) is 6.49. The van der Waals surface area contributed by atoms with Gasteiger partial charge in [-0.05, 0) is 59.5 Å². The summed E-state index contributed by atoms with van der Waals surface area (Å²) in [7, 11) is -3.88. The van der Waals surface area contributed by atoms with Crippen molar-refractivity contribution in [3.63, 3.8) is 0 Å². The van der Waals surface area contributed by atoms with Crippen molar-refractivity contribution in [3.05, 3.63) is 63.6 Å². The second kappa shape index (κ2) is 7.13. The van der Waals surface area contributed by atoms with Crippen LogP contribution in [-0.4, -0.2) is 14.3 Å². The first-order valence-corrected chi connectivity index (χ1v) is 10.8. The van der Waals surface area contributed by atoms with Crippen LogP contribution >= 0.6 is 15.9 Å². The van der Waals surface area contributed by atoms with E-state index in [0.717, 1.165) is 36.8 Å². The molecule has 0 radical (unpaired) electrons. The Bertz CT molecular complexity index is 951. The maximum Gasteiger partial charge on any atom is 0.253 e. The van der Waals surface area contributed by atoms with E-state index in [0.29, 0.717) is 4.47 Å². The van der Waals surface area contributed by atoms with Crippen LogP contribution in [0.2, 0.25) is 0 Å². The van der Waals surface area contributed by atoms with Crippen molar-refractivity contribution in [1.82, 2.24) is 5.32 Å². The van der Waals surface area contributed by atoms with Crippen LogP contribution in [0, 0.1) is 6.92 Å². The van der Waals surface area contributed by atoms with E-state index >= 15 is 0 Å². The Morgan fingerprint density at radius 3 is 2.46 bits per heavy atom. The average Bonchev–Trinajstić information content (AvgIpc) is 3.04. The van der Waals surface area contributed by atoms with Gasteiger partial charge >= 0.3 is 0 Å². The molecular weight excluding hydrogens is 416 g/mol. The summed E-state index contributed by atoms with van der Waals surface area (Å²) in [6.07, 6.45) is 3.78. The molecular formula is C19H21BrN2O3S. The van der Waals surface area contributed by atoms with Gasteiger partial charge in [-0.1, -0.05) is 42.7 Å². The summed E-state index contributed by atoms with van der Waals surface area (Å²) in [5, 5.41) is 8.37. The van der Waals surface area contributed by atoms with E-state index in [1.165, 1.54) is 18.2 Å². The van der Waals surface area contributed by atoms with Gasteiger partial charge in [0.05, 0.1) is 16.0 Å². The molecule has 138 valence electrons. The van der Waals surface area contributed by atoms with Gasteiger partial charge < -0.3 is 5.32 Å². The largest absolute Gasteiger partial charge is 0.342 e. The van der Waals surface area contributed by atoms with Gasteiger partial charge in [-0.2, -0.15) is 0 Å². The number of hydrogen-bond acceptors (Lipinski definition) is 3. The summed E-state index contributed by atoms with van der Waals surface area (Å²) in [4.78, 5) is 12.9. The highest BCUT2D eigenvalue weighted by Gasteiger charge is 2.37. The smallest absolute Gasteiger partial charge is 0.253 e. The molecule has 0 heterocycles. The van der Waals surface area contributed by atoms with Crippen LogP contribution in [0.5, 0.6) is 0 Å². The number of amides is 1. The molecule has 3 N–H and O–H groups in total. The van der Waals surface area contributed by atoms with Gasteiger partial charge in [0, 0.05) is 4.47 Å². The number of nitrogens with one attached hydrogen (secondary N) is 1. The lowest BCUT2D eigenvalue weighted by atomic mass is 9.87. The molecule has 1 fully saturated rings. The second-order valence-corrected chi connectivity index (χ2v) is 9.22. The van der Waals surface area contributed by atoms with Crippen molar-refractivity contribution >= 4 is 31.9 Å². The minimum absolute atomic E-state index is 0.0816. The average molecular weight is 437 g/mol. The van der Waals surface area contributed by atoms with Crippen molar-refractivity contribution in [2.24, 2.45) is 5.14 Å².